The molecule has 0 aromatic heterocycles. The molecule has 184 valence electrons. The van der Waals surface area contributed by atoms with E-state index in [-0.39, 0.29) is 24.0 Å². The van der Waals surface area contributed by atoms with Crippen LogP contribution >= 0.6 is 23.2 Å². The molecule has 1 aromatic rings. The normalized spacial score (nSPS) is 28.2. The van der Waals surface area contributed by atoms with Gasteiger partial charge in [0.15, 0.2) is 11.4 Å². The van der Waals surface area contributed by atoms with Gasteiger partial charge in [0.25, 0.3) is 0 Å². The maximum atomic E-state index is 14.1. The van der Waals surface area contributed by atoms with Gasteiger partial charge in [-0.1, -0.05) is 23.3 Å². The molecule has 0 unspecified atom stereocenters. The number of hydrogen-bond acceptors (Lipinski definition) is 7. The Balaban J connectivity index is 2.23. The topological polar surface area (TPSA) is 120 Å². The molecule has 34 heavy (non-hydrogen) atoms. The Morgan fingerprint density at radius 2 is 1.82 bits per heavy atom. The summed E-state index contributed by atoms with van der Waals surface area (Å²) in [5, 5.41) is 23.3. The quantitative estimate of drug-likeness (QED) is 0.223. The van der Waals surface area contributed by atoms with Crippen LogP contribution in [-0.2, 0) is 4.74 Å². The molecule has 0 saturated carbocycles. The lowest BCUT2D eigenvalue weighted by atomic mass is 9.63. The van der Waals surface area contributed by atoms with Crippen molar-refractivity contribution >= 4 is 40.5 Å². The van der Waals surface area contributed by atoms with E-state index in [2.05, 4.69) is 11.2 Å². The van der Waals surface area contributed by atoms with Gasteiger partial charge < -0.3 is 14.9 Å². The van der Waals surface area contributed by atoms with Crippen molar-refractivity contribution in [2.75, 3.05) is 0 Å². The number of ketones is 2. The number of Topliss-reactive ketones (excluding diaryl/α,β-unsaturated/α-hetero) is 2. The third kappa shape index (κ3) is 4.08. The van der Waals surface area contributed by atoms with Crippen LogP contribution in [0.2, 0.25) is 0 Å². The number of carbonyl (C=O) groups is 2. The lowest BCUT2D eigenvalue weighted by molar-refractivity contribution is -0.157. The van der Waals surface area contributed by atoms with E-state index in [4.69, 9.17) is 33.5 Å². The third-order valence-corrected chi connectivity index (χ3v) is 7.98. The van der Waals surface area contributed by atoms with Crippen molar-refractivity contribution in [3.05, 3.63) is 40.5 Å². The molecule has 3 rings (SSSR count). The summed E-state index contributed by atoms with van der Waals surface area (Å²) >= 11 is 13.6. The number of phenolic OH excluding ortho intramolecular Hbond substituents is 2. The van der Waals surface area contributed by atoms with Crippen molar-refractivity contribution in [3.63, 3.8) is 0 Å². The van der Waals surface area contributed by atoms with Gasteiger partial charge in [-0.25, -0.2) is 5.53 Å². The second-order valence-corrected chi connectivity index (χ2v) is 11.0. The number of allylic oxidation sites excluding steroid dienone is 3. The number of aromatic hydroxyl groups is 2. The number of ether oxygens (including phenoxy) is 1. The summed E-state index contributed by atoms with van der Waals surface area (Å²) in [6.07, 6.45) is 5.40. The van der Waals surface area contributed by atoms with Crippen molar-refractivity contribution in [2.45, 2.75) is 81.8 Å². The van der Waals surface area contributed by atoms with Crippen molar-refractivity contribution in [1.29, 1.82) is 5.53 Å². The first-order chi connectivity index (χ1) is 15.7. The standard InChI is InChI=1S/C25H30Cl2N2O5/c1-13(2)7-6-8-14(3)9-10-25-22(33)19-18(15(30)11-16(31)20(19)29-28)21(32)24(25,27)12-17(26)23(4,5)34-25/h7,9,11,17,28,30-31H,6,8,10,12H2,1-5H3/b14-9+,29-28?/t17-,24+,25+/m1/s1. The number of benzene rings is 1. The molecule has 1 aliphatic carbocycles. The molecule has 7 nitrogen and oxygen atoms in total. The van der Waals surface area contributed by atoms with Gasteiger partial charge in [0.1, 0.15) is 22.1 Å². The van der Waals surface area contributed by atoms with Crippen molar-refractivity contribution in [3.8, 4) is 11.5 Å². The molecule has 2 aliphatic rings. The number of fused-ring (bicyclic) bond motifs is 2. The Bertz CT molecular complexity index is 1120. The summed E-state index contributed by atoms with van der Waals surface area (Å²) < 4.78 is 6.34. The molecule has 0 amide bonds. The minimum atomic E-state index is -1.90. The Morgan fingerprint density at radius 3 is 2.41 bits per heavy atom. The summed E-state index contributed by atoms with van der Waals surface area (Å²) in [6.45, 7) is 9.40. The van der Waals surface area contributed by atoms with Gasteiger partial charge in [-0.2, -0.15) is 5.11 Å². The fourth-order valence-electron chi connectivity index (χ4n) is 4.67. The summed E-state index contributed by atoms with van der Waals surface area (Å²) in [4.78, 5) is 26.0. The van der Waals surface area contributed by atoms with Crippen molar-refractivity contribution < 1.29 is 24.5 Å². The third-order valence-electron chi connectivity index (χ3n) is 6.67. The van der Waals surface area contributed by atoms with Crippen LogP contribution in [0, 0.1) is 5.53 Å². The average molecular weight is 509 g/mol. The predicted molar refractivity (Wildman–Crippen MR) is 131 cm³/mol. The Labute approximate surface area is 209 Å². The molecule has 9 heteroatoms. The minimum absolute atomic E-state index is 0.0257. The molecule has 3 N–H and O–H groups in total. The summed E-state index contributed by atoms with van der Waals surface area (Å²) in [5.74, 6) is -2.68. The van der Waals surface area contributed by atoms with Crippen LogP contribution in [0.4, 0.5) is 5.69 Å². The molecular formula is C25H30Cl2N2O5. The van der Waals surface area contributed by atoms with E-state index < -0.39 is 50.2 Å². The number of nitrogens with zero attached hydrogens (tertiary/aromatic N) is 1. The highest BCUT2D eigenvalue weighted by Crippen LogP contribution is 2.58. The molecule has 0 bridgehead atoms. The number of halogens is 2. The van der Waals surface area contributed by atoms with Crippen LogP contribution in [0.25, 0.3) is 0 Å². The zero-order valence-electron chi connectivity index (χ0n) is 20.0. The zero-order chi connectivity index (χ0) is 25.6. The largest absolute Gasteiger partial charge is 0.507 e. The lowest BCUT2D eigenvalue weighted by Crippen LogP contribution is -2.72. The SMILES string of the molecule is CC(C)=CCC/C(C)=C/C[C@@]12OC(C)(C)[C@H](Cl)C[C@]1(Cl)C(=O)c1c(O)cc(O)c(N=N)c1C2=O. The van der Waals surface area contributed by atoms with Gasteiger partial charge in [0.05, 0.1) is 22.1 Å². The highest BCUT2D eigenvalue weighted by Gasteiger charge is 2.70. The molecule has 1 saturated heterocycles. The maximum Gasteiger partial charge on any atom is 0.200 e. The molecule has 0 spiro atoms. The van der Waals surface area contributed by atoms with Gasteiger partial charge in [-0.05, 0) is 53.9 Å². The fourth-order valence-corrected chi connectivity index (χ4v) is 5.47. The first-order valence-electron chi connectivity index (χ1n) is 11.1. The van der Waals surface area contributed by atoms with Crippen LogP contribution in [0.1, 0.15) is 81.0 Å². The number of hydrogen-bond donors (Lipinski definition) is 3. The summed E-state index contributed by atoms with van der Waals surface area (Å²) in [6, 6.07) is 0.879. The number of rotatable bonds is 6. The Morgan fingerprint density at radius 1 is 1.18 bits per heavy atom. The van der Waals surface area contributed by atoms with Crippen LogP contribution in [0.5, 0.6) is 11.5 Å². The van der Waals surface area contributed by atoms with Gasteiger partial charge in [-0.3, -0.25) is 9.59 Å². The predicted octanol–water partition coefficient (Wildman–Crippen LogP) is 6.74. The molecule has 3 atom stereocenters. The number of phenols is 2. The highest BCUT2D eigenvalue weighted by atomic mass is 35.5. The highest BCUT2D eigenvalue weighted by molar-refractivity contribution is 6.45. The van der Waals surface area contributed by atoms with Crippen LogP contribution in [0.15, 0.2) is 34.5 Å². The van der Waals surface area contributed by atoms with Crippen molar-refractivity contribution in [1.82, 2.24) is 0 Å². The summed E-state index contributed by atoms with van der Waals surface area (Å²) in [7, 11) is 0. The molecule has 1 aliphatic heterocycles. The maximum absolute atomic E-state index is 14.1. The van der Waals surface area contributed by atoms with Crippen LogP contribution < -0.4 is 0 Å². The molecule has 1 fully saturated rings. The van der Waals surface area contributed by atoms with E-state index in [0.717, 1.165) is 24.5 Å². The van der Waals surface area contributed by atoms with E-state index in [1.165, 1.54) is 5.57 Å². The van der Waals surface area contributed by atoms with E-state index in [1.807, 2.05) is 26.8 Å². The van der Waals surface area contributed by atoms with Crippen LogP contribution in [-0.4, -0.2) is 43.2 Å². The van der Waals surface area contributed by atoms with Crippen molar-refractivity contribution in [2.24, 2.45) is 5.11 Å². The lowest BCUT2D eigenvalue weighted by Gasteiger charge is -2.56. The summed E-state index contributed by atoms with van der Waals surface area (Å²) in [5.41, 5.74) is 5.63. The van der Waals surface area contributed by atoms with E-state index in [1.54, 1.807) is 13.8 Å². The molecule has 0 radical (unpaired) electrons. The monoisotopic (exact) mass is 508 g/mol. The first kappa shape index (κ1) is 26.4. The Hall–Kier alpha value is -2.22. The number of alkyl halides is 2. The van der Waals surface area contributed by atoms with Crippen LogP contribution in [0.3, 0.4) is 0 Å². The number of carbonyl (C=O) groups excluding carboxylic acids is 2. The van der Waals surface area contributed by atoms with Gasteiger partial charge in [0.2, 0.25) is 5.78 Å². The van der Waals surface area contributed by atoms with Gasteiger partial charge >= 0.3 is 0 Å². The second-order valence-electron chi connectivity index (χ2n) is 9.86. The van der Waals surface area contributed by atoms with Gasteiger partial charge in [-0.15, -0.1) is 23.2 Å². The zero-order valence-corrected chi connectivity index (χ0v) is 21.5. The first-order valence-corrected chi connectivity index (χ1v) is 11.9. The molecular weight excluding hydrogens is 479 g/mol. The van der Waals surface area contributed by atoms with Gasteiger partial charge in [0, 0.05) is 12.5 Å². The van der Waals surface area contributed by atoms with E-state index in [0.29, 0.717) is 0 Å². The second kappa shape index (κ2) is 9.10. The fraction of sp³-hybridized carbons (Fsp3) is 0.520. The molecule has 1 aromatic carbocycles. The minimum Gasteiger partial charge on any atom is -0.507 e. The smallest absolute Gasteiger partial charge is 0.200 e. The molecule has 1 heterocycles. The Kier molecular flexibility index (Phi) is 7.06. The van der Waals surface area contributed by atoms with E-state index in [9.17, 15) is 19.8 Å². The van der Waals surface area contributed by atoms with E-state index >= 15 is 0 Å². The number of nitrogens with one attached hydrogen (secondary N) is 1. The average Bonchev–Trinajstić information content (AvgIpc) is 2.73.